The van der Waals surface area contributed by atoms with E-state index in [2.05, 4.69) is 9.84 Å². The molecule has 1 unspecified atom stereocenters. The Kier molecular flexibility index (Phi) is 3.63. The molecule has 0 fully saturated rings. The molecule has 2 rings (SSSR count). The van der Waals surface area contributed by atoms with Gasteiger partial charge in [-0.3, -0.25) is 4.79 Å². The van der Waals surface area contributed by atoms with Gasteiger partial charge in [-0.15, -0.1) is 0 Å². The van der Waals surface area contributed by atoms with Crippen molar-refractivity contribution in [1.29, 1.82) is 0 Å². The van der Waals surface area contributed by atoms with Gasteiger partial charge in [-0.2, -0.15) is 18.3 Å². The highest BCUT2D eigenvalue weighted by atomic mass is 19.4. The first kappa shape index (κ1) is 14.3. The van der Waals surface area contributed by atoms with Crippen LogP contribution in [-0.2, 0) is 10.3 Å². The summed E-state index contributed by atoms with van der Waals surface area (Å²) in [6.45, 7) is 0. The summed E-state index contributed by atoms with van der Waals surface area (Å²) in [6, 6.07) is 8.12. The Morgan fingerprint density at radius 2 is 1.85 bits per heavy atom. The zero-order valence-electron chi connectivity index (χ0n) is 10.5. The Hall–Kier alpha value is -2.15. The van der Waals surface area contributed by atoms with Gasteiger partial charge >= 0.3 is 6.18 Å². The van der Waals surface area contributed by atoms with Crippen LogP contribution in [0.4, 0.5) is 13.2 Å². The number of rotatable bonds is 3. The van der Waals surface area contributed by atoms with E-state index in [0.29, 0.717) is 4.68 Å². The van der Waals surface area contributed by atoms with Crippen LogP contribution in [0.3, 0.4) is 0 Å². The van der Waals surface area contributed by atoms with Crippen LogP contribution in [-0.4, -0.2) is 29.0 Å². The van der Waals surface area contributed by atoms with Gasteiger partial charge in [-0.25, -0.2) is 4.68 Å². The number of hydrogen-bond acceptors (Lipinski definition) is 3. The summed E-state index contributed by atoms with van der Waals surface area (Å²) in [5, 5.41) is 3.56. The van der Waals surface area contributed by atoms with E-state index < -0.39 is 17.7 Å². The SMILES string of the molecule is COC(C(=O)n1cccn1)(c1ccccc1)C(F)(F)F. The molecule has 0 aliphatic carbocycles. The number of nitrogens with zero attached hydrogens (tertiary/aromatic N) is 2. The Morgan fingerprint density at radius 3 is 2.30 bits per heavy atom. The summed E-state index contributed by atoms with van der Waals surface area (Å²) in [5.41, 5.74) is -3.38. The minimum atomic E-state index is -4.92. The summed E-state index contributed by atoms with van der Waals surface area (Å²) in [6.07, 6.45) is -2.56. The van der Waals surface area contributed by atoms with Crippen molar-refractivity contribution in [1.82, 2.24) is 9.78 Å². The number of hydrogen-bond donors (Lipinski definition) is 0. The van der Waals surface area contributed by atoms with Gasteiger partial charge in [0, 0.05) is 25.1 Å². The number of carbonyl (C=O) groups is 1. The zero-order valence-corrected chi connectivity index (χ0v) is 10.5. The molecule has 20 heavy (non-hydrogen) atoms. The molecule has 0 radical (unpaired) electrons. The molecule has 4 nitrogen and oxygen atoms in total. The summed E-state index contributed by atoms with van der Waals surface area (Å²) >= 11 is 0. The molecule has 1 aromatic carbocycles. The second-order valence-electron chi connectivity index (χ2n) is 4.00. The molecular weight excluding hydrogens is 273 g/mol. The Labute approximate surface area is 112 Å². The average Bonchev–Trinajstić information content (AvgIpc) is 2.93. The highest BCUT2D eigenvalue weighted by molar-refractivity contribution is 5.89. The van der Waals surface area contributed by atoms with Gasteiger partial charge in [0.15, 0.2) is 0 Å². The first-order valence-electron chi connectivity index (χ1n) is 5.65. The van der Waals surface area contributed by atoms with Gasteiger partial charge < -0.3 is 4.74 Å². The van der Waals surface area contributed by atoms with Crippen LogP contribution in [0.5, 0.6) is 0 Å². The first-order valence-corrected chi connectivity index (χ1v) is 5.65. The van der Waals surface area contributed by atoms with E-state index in [0.717, 1.165) is 13.3 Å². The minimum absolute atomic E-state index is 0.296. The van der Waals surface area contributed by atoms with E-state index in [9.17, 15) is 18.0 Å². The summed E-state index contributed by atoms with van der Waals surface area (Å²) in [7, 11) is 0.849. The van der Waals surface area contributed by atoms with E-state index in [-0.39, 0.29) is 5.56 Å². The molecule has 2 aromatic rings. The van der Waals surface area contributed by atoms with E-state index in [1.807, 2.05) is 0 Å². The average molecular weight is 284 g/mol. The predicted octanol–water partition coefficient (Wildman–Crippen LogP) is 2.63. The van der Waals surface area contributed by atoms with Crippen LogP contribution in [0.1, 0.15) is 10.4 Å². The third-order valence-corrected chi connectivity index (χ3v) is 2.90. The van der Waals surface area contributed by atoms with Crippen LogP contribution in [0.15, 0.2) is 48.8 Å². The predicted molar refractivity (Wildman–Crippen MR) is 64.0 cm³/mol. The fourth-order valence-electron chi connectivity index (χ4n) is 1.95. The molecule has 0 N–H and O–H groups in total. The summed E-state index contributed by atoms with van der Waals surface area (Å²) in [5.74, 6) is -1.32. The van der Waals surface area contributed by atoms with Crippen molar-refractivity contribution in [2.24, 2.45) is 0 Å². The number of ether oxygens (including phenoxy) is 1. The number of benzene rings is 1. The topological polar surface area (TPSA) is 44.1 Å². The van der Waals surface area contributed by atoms with Crippen LogP contribution in [0, 0.1) is 0 Å². The number of alkyl halides is 3. The van der Waals surface area contributed by atoms with Gasteiger partial charge in [0.25, 0.3) is 11.5 Å². The Morgan fingerprint density at radius 1 is 1.20 bits per heavy atom. The highest BCUT2D eigenvalue weighted by Gasteiger charge is 2.63. The number of aromatic nitrogens is 2. The molecule has 0 aliphatic heterocycles. The summed E-state index contributed by atoms with van der Waals surface area (Å²) < 4.78 is 45.8. The van der Waals surface area contributed by atoms with Crippen molar-refractivity contribution in [3.63, 3.8) is 0 Å². The maximum atomic E-state index is 13.5. The van der Waals surface area contributed by atoms with E-state index in [4.69, 9.17) is 0 Å². The van der Waals surface area contributed by atoms with E-state index in [1.54, 1.807) is 6.07 Å². The maximum absolute atomic E-state index is 13.5. The second kappa shape index (κ2) is 5.09. The lowest BCUT2D eigenvalue weighted by atomic mass is 9.91. The molecule has 0 aliphatic rings. The standard InChI is InChI=1S/C13H11F3N2O2/c1-20-12(13(14,15)16,10-6-3-2-4-7-10)11(19)18-9-5-8-17-18/h2-9H,1H3. The minimum Gasteiger partial charge on any atom is -0.356 e. The monoisotopic (exact) mass is 284 g/mol. The van der Waals surface area contributed by atoms with Crippen molar-refractivity contribution < 1.29 is 22.7 Å². The zero-order chi connectivity index (χ0) is 14.8. The van der Waals surface area contributed by atoms with Gasteiger partial charge in [-0.05, 0) is 6.07 Å². The lowest BCUT2D eigenvalue weighted by Gasteiger charge is -2.32. The second-order valence-corrected chi connectivity index (χ2v) is 4.00. The first-order chi connectivity index (χ1) is 9.43. The Balaban J connectivity index is 2.64. The molecule has 0 amide bonds. The third-order valence-electron chi connectivity index (χ3n) is 2.90. The number of halogens is 3. The normalized spacial score (nSPS) is 14.8. The van der Waals surface area contributed by atoms with Crippen molar-refractivity contribution in [2.45, 2.75) is 11.8 Å². The van der Waals surface area contributed by atoms with E-state index in [1.165, 1.54) is 36.5 Å². The van der Waals surface area contributed by atoms with Crippen LogP contribution >= 0.6 is 0 Å². The molecule has 0 saturated carbocycles. The van der Waals surface area contributed by atoms with Gasteiger partial charge in [0.05, 0.1) is 0 Å². The number of carbonyl (C=O) groups excluding carboxylic acids is 1. The van der Waals surface area contributed by atoms with Gasteiger partial charge in [-0.1, -0.05) is 30.3 Å². The smallest absolute Gasteiger partial charge is 0.356 e. The molecule has 7 heteroatoms. The molecule has 0 spiro atoms. The largest absolute Gasteiger partial charge is 0.431 e. The van der Waals surface area contributed by atoms with Crippen LogP contribution in [0.25, 0.3) is 0 Å². The third kappa shape index (κ3) is 2.09. The van der Waals surface area contributed by atoms with Gasteiger partial charge in [0.1, 0.15) is 0 Å². The summed E-state index contributed by atoms with van der Waals surface area (Å²) in [4.78, 5) is 12.3. The van der Waals surface area contributed by atoms with E-state index >= 15 is 0 Å². The molecular formula is C13H11F3N2O2. The Bertz CT molecular complexity index is 581. The molecule has 0 saturated heterocycles. The molecule has 1 aromatic heterocycles. The lowest BCUT2D eigenvalue weighted by Crippen LogP contribution is -2.53. The fraction of sp³-hybridized carbons (Fsp3) is 0.231. The van der Waals surface area contributed by atoms with Gasteiger partial charge in [0.2, 0.25) is 0 Å². The lowest BCUT2D eigenvalue weighted by molar-refractivity contribution is -0.254. The highest BCUT2D eigenvalue weighted by Crippen LogP contribution is 2.42. The maximum Gasteiger partial charge on any atom is 0.431 e. The molecule has 1 atom stereocenters. The molecule has 106 valence electrons. The van der Waals surface area contributed by atoms with Crippen molar-refractivity contribution in [3.05, 3.63) is 54.4 Å². The molecule has 0 bridgehead atoms. The quantitative estimate of drug-likeness (QED) is 0.870. The van der Waals surface area contributed by atoms with Crippen molar-refractivity contribution in [3.8, 4) is 0 Å². The molecule has 1 heterocycles. The van der Waals surface area contributed by atoms with Crippen LogP contribution < -0.4 is 0 Å². The number of methoxy groups -OCH3 is 1. The van der Waals surface area contributed by atoms with Crippen LogP contribution in [0.2, 0.25) is 0 Å². The fourth-order valence-corrected chi connectivity index (χ4v) is 1.95. The van der Waals surface area contributed by atoms with Crippen molar-refractivity contribution >= 4 is 5.91 Å². The van der Waals surface area contributed by atoms with Crippen molar-refractivity contribution in [2.75, 3.05) is 7.11 Å².